The summed E-state index contributed by atoms with van der Waals surface area (Å²) in [5.41, 5.74) is 6.41. The number of H-pyrrole nitrogens is 1. The van der Waals surface area contributed by atoms with Crippen molar-refractivity contribution in [1.29, 1.82) is 0 Å². The molecule has 0 unspecified atom stereocenters. The van der Waals surface area contributed by atoms with Gasteiger partial charge in [0.15, 0.2) is 5.65 Å². The normalized spacial score (nSPS) is 19.7. The van der Waals surface area contributed by atoms with Crippen molar-refractivity contribution < 1.29 is 4.79 Å². The Balaban J connectivity index is 1.58. The smallest absolute Gasteiger partial charge is 0.264 e. The molecule has 1 aliphatic rings. The lowest BCUT2D eigenvalue weighted by Crippen LogP contribution is -2.56. The molecule has 0 saturated carbocycles. The van der Waals surface area contributed by atoms with E-state index in [0.29, 0.717) is 12.0 Å². The lowest BCUT2D eigenvalue weighted by molar-refractivity contribution is 0.0621. The number of thiophene rings is 1. The highest BCUT2D eigenvalue weighted by atomic mass is 32.1. The molecule has 5 rings (SSSR count). The first-order valence-electron chi connectivity index (χ1n) is 10.8. The standard InChI is InChI=1S/C23H28N6OS/c1-12(2)19-20(16-6-13(3)22-25-11-26-29(22)10-16)27-17-7-18(31-21(17)19)23(30)28-9-14(4)24-8-15(28)5/h6-7,10-12,14-15,24,27H,8-9H2,1-5H3/t14-,15+/m0/s1. The van der Waals surface area contributed by atoms with Gasteiger partial charge in [0.1, 0.15) is 6.33 Å². The molecular weight excluding hydrogens is 408 g/mol. The number of pyridine rings is 1. The molecule has 1 aliphatic heterocycles. The van der Waals surface area contributed by atoms with Crippen LogP contribution in [0.1, 0.15) is 54.4 Å². The average Bonchev–Trinajstić information content (AvgIpc) is 3.42. The number of aromatic amines is 1. The Morgan fingerprint density at radius 1 is 1.29 bits per heavy atom. The van der Waals surface area contributed by atoms with Crippen molar-refractivity contribution >= 4 is 33.1 Å². The number of nitrogens with zero attached hydrogens (tertiary/aromatic N) is 4. The van der Waals surface area contributed by atoms with Gasteiger partial charge in [-0.2, -0.15) is 5.10 Å². The Kier molecular flexibility index (Phi) is 4.86. The molecule has 0 radical (unpaired) electrons. The Labute approximate surface area is 185 Å². The first-order valence-corrected chi connectivity index (χ1v) is 11.6. The number of carbonyl (C=O) groups is 1. The number of piperazine rings is 1. The number of fused-ring (bicyclic) bond motifs is 2. The van der Waals surface area contributed by atoms with E-state index in [1.807, 2.05) is 21.7 Å². The van der Waals surface area contributed by atoms with Crippen LogP contribution in [0, 0.1) is 6.92 Å². The summed E-state index contributed by atoms with van der Waals surface area (Å²) in [6.07, 6.45) is 3.60. The fourth-order valence-corrected chi connectivity index (χ4v) is 5.83. The molecule has 4 aromatic heterocycles. The summed E-state index contributed by atoms with van der Waals surface area (Å²) in [7, 11) is 0. The van der Waals surface area contributed by atoms with Crippen LogP contribution in [-0.4, -0.2) is 55.6 Å². The van der Waals surface area contributed by atoms with Gasteiger partial charge < -0.3 is 15.2 Å². The maximum absolute atomic E-state index is 13.3. The van der Waals surface area contributed by atoms with Gasteiger partial charge in [-0.25, -0.2) is 9.50 Å². The van der Waals surface area contributed by atoms with E-state index in [9.17, 15) is 4.79 Å². The van der Waals surface area contributed by atoms with E-state index < -0.39 is 0 Å². The number of carbonyl (C=O) groups excluding carboxylic acids is 1. The second-order valence-corrected chi connectivity index (χ2v) is 10.0. The van der Waals surface area contributed by atoms with Crippen molar-refractivity contribution in [3.8, 4) is 11.3 Å². The summed E-state index contributed by atoms with van der Waals surface area (Å²) in [6, 6.07) is 4.69. The molecule has 1 saturated heterocycles. The van der Waals surface area contributed by atoms with Crippen molar-refractivity contribution in [3.05, 3.63) is 40.7 Å². The lowest BCUT2D eigenvalue weighted by Gasteiger charge is -2.37. The SMILES string of the molecule is Cc1cc(-c2[nH]c3cc(C(=O)N4C[C@H](C)NC[C@H]4C)sc3c2C(C)C)cn2ncnc12. The maximum Gasteiger partial charge on any atom is 0.264 e. The molecule has 0 aliphatic carbocycles. The number of nitrogens with one attached hydrogen (secondary N) is 2. The summed E-state index contributed by atoms with van der Waals surface area (Å²) < 4.78 is 2.99. The molecule has 5 heterocycles. The highest BCUT2D eigenvalue weighted by Gasteiger charge is 2.29. The molecule has 0 spiro atoms. The van der Waals surface area contributed by atoms with Crippen molar-refractivity contribution in [2.75, 3.05) is 13.1 Å². The van der Waals surface area contributed by atoms with Gasteiger partial charge in [0.2, 0.25) is 0 Å². The quantitative estimate of drug-likeness (QED) is 0.505. The van der Waals surface area contributed by atoms with Gasteiger partial charge >= 0.3 is 0 Å². The number of hydrogen-bond donors (Lipinski definition) is 2. The van der Waals surface area contributed by atoms with Crippen LogP contribution >= 0.6 is 11.3 Å². The summed E-state index contributed by atoms with van der Waals surface area (Å²) in [5.74, 6) is 0.446. The minimum Gasteiger partial charge on any atom is -0.354 e. The van der Waals surface area contributed by atoms with Gasteiger partial charge in [-0.15, -0.1) is 11.3 Å². The largest absolute Gasteiger partial charge is 0.354 e. The van der Waals surface area contributed by atoms with Crippen molar-refractivity contribution in [1.82, 2.24) is 29.8 Å². The highest BCUT2D eigenvalue weighted by molar-refractivity contribution is 7.21. The van der Waals surface area contributed by atoms with Crippen LogP contribution in [0.4, 0.5) is 0 Å². The summed E-state index contributed by atoms with van der Waals surface area (Å²) in [4.78, 5) is 24.0. The molecule has 0 bridgehead atoms. The summed E-state index contributed by atoms with van der Waals surface area (Å²) in [6.45, 7) is 12.3. The molecule has 4 aromatic rings. The van der Waals surface area contributed by atoms with Crippen molar-refractivity contribution in [2.45, 2.75) is 52.6 Å². The molecule has 162 valence electrons. The Morgan fingerprint density at radius 3 is 2.87 bits per heavy atom. The zero-order valence-electron chi connectivity index (χ0n) is 18.6. The number of aromatic nitrogens is 4. The fraction of sp³-hybridized carbons (Fsp3) is 0.435. The third-order valence-electron chi connectivity index (χ3n) is 6.17. The molecule has 31 heavy (non-hydrogen) atoms. The predicted octanol–water partition coefficient (Wildman–Crippen LogP) is 4.19. The van der Waals surface area contributed by atoms with Crippen molar-refractivity contribution in [3.63, 3.8) is 0 Å². The average molecular weight is 437 g/mol. The highest BCUT2D eigenvalue weighted by Crippen LogP contribution is 2.40. The molecular formula is C23H28N6OS. The zero-order chi connectivity index (χ0) is 21.9. The van der Waals surface area contributed by atoms with E-state index in [1.165, 1.54) is 10.3 Å². The van der Waals surface area contributed by atoms with Crippen LogP contribution in [-0.2, 0) is 0 Å². The molecule has 2 atom stereocenters. The minimum absolute atomic E-state index is 0.131. The zero-order valence-corrected chi connectivity index (χ0v) is 19.4. The summed E-state index contributed by atoms with van der Waals surface area (Å²) in [5, 5.41) is 7.77. The van der Waals surface area contributed by atoms with Gasteiger partial charge in [0.25, 0.3) is 5.91 Å². The van der Waals surface area contributed by atoms with Gasteiger partial charge in [0.05, 0.1) is 20.8 Å². The molecule has 8 heteroatoms. The van der Waals surface area contributed by atoms with Crippen LogP contribution < -0.4 is 5.32 Å². The topological polar surface area (TPSA) is 78.3 Å². The molecule has 0 aromatic carbocycles. The van der Waals surface area contributed by atoms with Crippen molar-refractivity contribution in [2.24, 2.45) is 0 Å². The number of rotatable bonds is 3. The molecule has 2 N–H and O–H groups in total. The Bertz CT molecular complexity index is 1280. The Morgan fingerprint density at radius 2 is 2.10 bits per heavy atom. The first kappa shape index (κ1) is 20.2. The maximum atomic E-state index is 13.3. The molecule has 1 amide bonds. The second-order valence-electron chi connectivity index (χ2n) is 8.98. The Hall–Kier alpha value is -2.71. The number of amides is 1. The van der Waals surface area contributed by atoms with E-state index in [0.717, 1.165) is 46.0 Å². The monoisotopic (exact) mass is 436 g/mol. The van der Waals surface area contributed by atoms with E-state index in [2.05, 4.69) is 61.1 Å². The van der Waals surface area contributed by atoms with E-state index in [-0.39, 0.29) is 11.9 Å². The third kappa shape index (κ3) is 3.34. The lowest BCUT2D eigenvalue weighted by atomic mass is 9.99. The number of aryl methyl sites for hydroxylation is 1. The van der Waals surface area contributed by atoms with Crippen LogP contribution in [0.3, 0.4) is 0 Å². The molecule has 1 fully saturated rings. The minimum atomic E-state index is 0.131. The number of hydrogen-bond acceptors (Lipinski definition) is 5. The second kappa shape index (κ2) is 7.46. The van der Waals surface area contributed by atoms with Crippen LogP contribution in [0.5, 0.6) is 0 Å². The van der Waals surface area contributed by atoms with Gasteiger partial charge in [-0.1, -0.05) is 13.8 Å². The molecule has 7 nitrogen and oxygen atoms in total. The van der Waals surface area contributed by atoms with Crippen LogP contribution in [0.15, 0.2) is 24.7 Å². The van der Waals surface area contributed by atoms with Gasteiger partial charge in [-0.3, -0.25) is 4.79 Å². The van der Waals surface area contributed by atoms with E-state index in [1.54, 1.807) is 17.7 Å². The van der Waals surface area contributed by atoms with Crippen LogP contribution in [0.25, 0.3) is 27.1 Å². The van der Waals surface area contributed by atoms with Gasteiger partial charge in [0, 0.05) is 36.9 Å². The van der Waals surface area contributed by atoms with Gasteiger partial charge in [-0.05, 0) is 49.9 Å². The van der Waals surface area contributed by atoms with E-state index in [4.69, 9.17) is 0 Å². The van der Waals surface area contributed by atoms with Crippen LogP contribution in [0.2, 0.25) is 0 Å². The van der Waals surface area contributed by atoms with E-state index >= 15 is 0 Å². The third-order valence-corrected chi connectivity index (χ3v) is 7.32. The predicted molar refractivity (Wildman–Crippen MR) is 125 cm³/mol. The summed E-state index contributed by atoms with van der Waals surface area (Å²) >= 11 is 1.60. The first-order chi connectivity index (χ1) is 14.8. The fourth-order valence-electron chi connectivity index (χ4n) is 4.56.